The van der Waals surface area contributed by atoms with Crippen molar-refractivity contribution in [2.75, 3.05) is 25.0 Å². The van der Waals surface area contributed by atoms with Gasteiger partial charge in [0.25, 0.3) is 0 Å². The van der Waals surface area contributed by atoms with E-state index >= 15 is 0 Å². The van der Waals surface area contributed by atoms with Crippen LogP contribution in [0.25, 0.3) is 0 Å². The van der Waals surface area contributed by atoms with Crippen LogP contribution >= 0.6 is 0 Å². The van der Waals surface area contributed by atoms with Gasteiger partial charge in [-0.05, 0) is 37.6 Å². The quantitative estimate of drug-likeness (QED) is 0.865. The molecule has 3 nitrogen and oxygen atoms in total. The van der Waals surface area contributed by atoms with Crippen molar-refractivity contribution in [3.63, 3.8) is 0 Å². The first-order valence-corrected chi connectivity index (χ1v) is 6.29. The van der Waals surface area contributed by atoms with E-state index < -0.39 is 12.7 Å². The average Bonchev–Trinajstić information content (AvgIpc) is 2.27. The van der Waals surface area contributed by atoms with Gasteiger partial charge in [-0.2, -0.15) is 13.2 Å². The second-order valence-corrected chi connectivity index (χ2v) is 4.55. The highest BCUT2D eigenvalue weighted by Crippen LogP contribution is 2.24. The highest BCUT2D eigenvalue weighted by atomic mass is 19.4. The Morgan fingerprint density at radius 1 is 1.37 bits per heavy atom. The molecule has 0 aliphatic heterocycles. The van der Waals surface area contributed by atoms with Crippen LogP contribution in [-0.2, 0) is 6.54 Å². The molecule has 1 N–H and O–H groups in total. The van der Waals surface area contributed by atoms with Gasteiger partial charge in [0.15, 0.2) is 0 Å². The summed E-state index contributed by atoms with van der Waals surface area (Å²) in [5.74, 6) is 0.416. The molecule has 0 aromatic carbocycles. The minimum absolute atomic E-state index is 0.346. The van der Waals surface area contributed by atoms with Crippen molar-refractivity contribution < 1.29 is 13.2 Å². The average molecular weight is 275 g/mol. The molecule has 1 heterocycles. The predicted octanol–water partition coefficient (Wildman–Crippen LogP) is 2.89. The molecule has 1 aromatic heterocycles. The standard InChI is InChI=1S/C13H20F3N3/c1-4-5-19(9-13(14,15)16)12-10(2)6-11(7-17-3)8-18-12/h6,8,17H,4-5,7,9H2,1-3H3. The predicted molar refractivity (Wildman–Crippen MR) is 70.3 cm³/mol. The Morgan fingerprint density at radius 2 is 2.05 bits per heavy atom. The van der Waals surface area contributed by atoms with Crippen molar-refractivity contribution in [1.82, 2.24) is 10.3 Å². The van der Waals surface area contributed by atoms with Crippen LogP contribution in [0.3, 0.4) is 0 Å². The topological polar surface area (TPSA) is 28.2 Å². The Morgan fingerprint density at radius 3 is 2.53 bits per heavy atom. The van der Waals surface area contributed by atoms with Crippen LogP contribution in [0.5, 0.6) is 0 Å². The number of rotatable bonds is 6. The van der Waals surface area contributed by atoms with E-state index in [-0.39, 0.29) is 0 Å². The smallest absolute Gasteiger partial charge is 0.347 e. The van der Waals surface area contributed by atoms with Crippen LogP contribution in [-0.4, -0.2) is 31.3 Å². The largest absolute Gasteiger partial charge is 0.405 e. The molecule has 1 rings (SSSR count). The highest BCUT2D eigenvalue weighted by Gasteiger charge is 2.31. The lowest BCUT2D eigenvalue weighted by molar-refractivity contribution is -0.119. The summed E-state index contributed by atoms with van der Waals surface area (Å²) >= 11 is 0. The van der Waals surface area contributed by atoms with Gasteiger partial charge in [0.1, 0.15) is 12.4 Å². The number of halogens is 3. The van der Waals surface area contributed by atoms with Crippen molar-refractivity contribution in [3.8, 4) is 0 Å². The maximum Gasteiger partial charge on any atom is 0.405 e. The normalized spacial score (nSPS) is 11.7. The fourth-order valence-electron chi connectivity index (χ4n) is 2.00. The summed E-state index contributed by atoms with van der Waals surface area (Å²) in [6, 6.07) is 1.87. The van der Waals surface area contributed by atoms with Gasteiger partial charge in [0, 0.05) is 19.3 Å². The summed E-state index contributed by atoms with van der Waals surface area (Å²) in [7, 11) is 1.82. The van der Waals surface area contributed by atoms with Gasteiger partial charge in [-0.25, -0.2) is 4.98 Å². The summed E-state index contributed by atoms with van der Waals surface area (Å²) in [6.07, 6.45) is -1.94. The van der Waals surface area contributed by atoms with E-state index in [9.17, 15) is 13.2 Å². The van der Waals surface area contributed by atoms with Crippen molar-refractivity contribution in [2.24, 2.45) is 0 Å². The fraction of sp³-hybridized carbons (Fsp3) is 0.615. The number of pyridine rings is 1. The summed E-state index contributed by atoms with van der Waals surface area (Å²) < 4.78 is 37.7. The van der Waals surface area contributed by atoms with E-state index in [2.05, 4.69) is 10.3 Å². The molecule has 0 aliphatic carbocycles. The van der Waals surface area contributed by atoms with Gasteiger partial charge in [-0.1, -0.05) is 6.92 Å². The maximum absolute atomic E-state index is 12.6. The Balaban J connectivity index is 2.95. The lowest BCUT2D eigenvalue weighted by Gasteiger charge is -2.26. The van der Waals surface area contributed by atoms with E-state index in [4.69, 9.17) is 0 Å². The number of hydrogen-bond acceptors (Lipinski definition) is 3. The van der Waals surface area contributed by atoms with Crippen LogP contribution in [0.15, 0.2) is 12.3 Å². The minimum Gasteiger partial charge on any atom is -0.347 e. The van der Waals surface area contributed by atoms with Crippen molar-refractivity contribution in [2.45, 2.75) is 33.0 Å². The summed E-state index contributed by atoms with van der Waals surface area (Å²) in [5, 5.41) is 2.99. The highest BCUT2D eigenvalue weighted by molar-refractivity contribution is 5.47. The Labute approximate surface area is 111 Å². The number of alkyl halides is 3. The zero-order valence-corrected chi connectivity index (χ0v) is 11.5. The number of aryl methyl sites for hydroxylation is 1. The van der Waals surface area contributed by atoms with E-state index in [1.165, 1.54) is 4.90 Å². The van der Waals surface area contributed by atoms with E-state index in [1.807, 2.05) is 20.0 Å². The van der Waals surface area contributed by atoms with Crippen LogP contribution in [0.2, 0.25) is 0 Å². The Hall–Kier alpha value is -1.30. The second-order valence-electron chi connectivity index (χ2n) is 4.55. The molecule has 108 valence electrons. The lowest BCUT2D eigenvalue weighted by Crippen LogP contribution is -2.36. The van der Waals surface area contributed by atoms with Crippen molar-refractivity contribution in [3.05, 3.63) is 23.4 Å². The number of aromatic nitrogens is 1. The molecular formula is C13H20F3N3. The van der Waals surface area contributed by atoms with Gasteiger partial charge < -0.3 is 10.2 Å². The van der Waals surface area contributed by atoms with Crippen LogP contribution in [0.1, 0.15) is 24.5 Å². The maximum atomic E-state index is 12.6. The van der Waals surface area contributed by atoms with Crippen LogP contribution in [0, 0.1) is 6.92 Å². The fourth-order valence-corrected chi connectivity index (χ4v) is 2.00. The zero-order chi connectivity index (χ0) is 14.5. The molecule has 0 aliphatic rings. The SMILES string of the molecule is CCCN(CC(F)(F)F)c1ncc(CNC)cc1C. The first-order chi connectivity index (χ1) is 8.87. The van der Waals surface area contributed by atoms with Gasteiger partial charge in [0.05, 0.1) is 0 Å². The first kappa shape index (κ1) is 15.8. The van der Waals surface area contributed by atoms with Crippen molar-refractivity contribution >= 4 is 5.82 Å². The van der Waals surface area contributed by atoms with Crippen LogP contribution in [0.4, 0.5) is 19.0 Å². The molecule has 0 spiro atoms. The first-order valence-electron chi connectivity index (χ1n) is 6.29. The van der Waals surface area contributed by atoms with E-state index in [0.29, 0.717) is 25.3 Å². The van der Waals surface area contributed by atoms with Gasteiger partial charge >= 0.3 is 6.18 Å². The van der Waals surface area contributed by atoms with Gasteiger partial charge in [-0.3, -0.25) is 0 Å². The number of hydrogen-bond donors (Lipinski definition) is 1. The third kappa shape index (κ3) is 5.06. The molecule has 0 fully saturated rings. The summed E-state index contributed by atoms with van der Waals surface area (Å²) in [5.41, 5.74) is 1.73. The second kappa shape index (κ2) is 6.75. The molecule has 0 atom stereocenters. The molecule has 1 aromatic rings. The van der Waals surface area contributed by atoms with Crippen molar-refractivity contribution in [1.29, 1.82) is 0 Å². The number of nitrogens with one attached hydrogen (secondary N) is 1. The molecule has 0 unspecified atom stereocenters. The van der Waals surface area contributed by atoms with E-state index in [1.54, 1.807) is 13.1 Å². The third-order valence-corrected chi connectivity index (χ3v) is 2.65. The Kier molecular flexibility index (Phi) is 5.60. The lowest BCUT2D eigenvalue weighted by atomic mass is 10.2. The number of nitrogens with zero attached hydrogens (tertiary/aromatic N) is 2. The molecule has 0 saturated heterocycles. The minimum atomic E-state index is -4.22. The molecule has 19 heavy (non-hydrogen) atoms. The summed E-state index contributed by atoms with van der Waals surface area (Å²) in [4.78, 5) is 5.48. The molecule has 6 heteroatoms. The number of anilines is 1. The molecule has 0 bridgehead atoms. The van der Waals surface area contributed by atoms with E-state index in [0.717, 1.165) is 11.1 Å². The van der Waals surface area contributed by atoms with Gasteiger partial charge in [0.2, 0.25) is 0 Å². The van der Waals surface area contributed by atoms with Gasteiger partial charge in [-0.15, -0.1) is 0 Å². The zero-order valence-electron chi connectivity index (χ0n) is 11.5. The third-order valence-electron chi connectivity index (χ3n) is 2.65. The van der Waals surface area contributed by atoms with Crippen LogP contribution < -0.4 is 10.2 Å². The Bertz CT molecular complexity index is 405. The molecule has 0 amide bonds. The molecule has 0 saturated carbocycles. The summed E-state index contributed by atoms with van der Waals surface area (Å²) in [6.45, 7) is 3.69. The monoisotopic (exact) mass is 275 g/mol. The molecule has 0 radical (unpaired) electrons. The molecular weight excluding hydrogens is 255 g/mol.